The fourth-order valence-corrected chi connectivity index (χ4v) is 0.817. The first-order chi connectivity index (χ1) is 6.72. The van der Waals surface area contributed by atoms with Gasteiger partial charge in [-0.2, -0.15) is 0 Å². The molecule has 0 bridgehead atoms. The predicted molar refractivity (Wildman–Crippen MR) is 49.2 cm³/mol. The van der Waals surface area contributed by atoms with E-state index in [-0.39, 0.29) is 17.6 Å². The maximum Gasteiger partial charge on any atom is 0.344 e. The van der Waals surface area contributed by atoms with Crippen LogP contribution in [-0.2, 0) is 9.53 Å². The molecule has 0 saturated carbocycles. The summed E-state index contributed by atoms with van der Waals surface area (Å²) in [5.41, 5.74) is 0. The summed E-state index contributed by atoms with van der Waals surface area (Å²) in [6, 6.07) is 3.05. The molecule has 0 spiro atoms. The van der Waals surface area contributed by atoms with E-state index in [4.69, 9.17) is 16.3 Å². The van der Waals surface area contributed by atoms with Crippen LogP contribution in [0.3, 0.4) is 0 Å². The highest BCUT2D eigenvalue weighted by atomic mass is 35.5. The lowest BCUT2D eigenvalue weighted by Gasteiger charge is -2.03. The van der Waals surface area contributed by atoms with Crippen molar-refractivity contribution in [1.82, 2.24) is 10.2 Å². The number of esters is 1. The summed E-state index contributed by atoms with van der Waals surface area (Å²) in [6.07, 6.45) is 0. The van der Waals surface area contributed by atoms with Crippen molar-refractivity contribution >= 4 is 17.6 Å². The van der Waals surface area contributed by atoms with Crippen LogP contribution in [-0.4, -0.2) is 29.4 Å². The highest BCUT2D eigenvalue weighted by molar-refractivity contribution is 6.29. The van der Waals surface area contributed by atoms with E-state index >= 15 is 0 Å². The van der Waals surface area contributed by atoms with Crippen LogP contribution in [0.15, 0.2) is 12.1 Å². The van der Waals surface area contributed by atoms with Crippen LogP contribution >= 0.6 is 11.6 Å². The third-order valence-electron chi connectivity index (χ3n) is 1.25. The number of hydrogen-bond acceptors (Lipinski definition) is 5. The number of hydrogen-bond donors (Lipinski definition) is 0. The third-order valence-corrected chi connectivity index (χ3v) is 1.45. The normalized spacial score (nSPS) is 9.57. The zero-order valence-electron chi connectivity index (χ0n) is 7.57. The molecule has 6 heteroatoms. The minimum Gasteiger partial charge on any atom is -0.465 e. The van der Waals surface area contributed by atoms with E-state index < -0.39 is 5.97 Å². The Morgan fingerprint density at radius 1 is 1.50 bits per heavy atom. The molecule has 5 nitrogen and oxygen atoms in total. The van der Waals surface area contributed by atoms with Crippen LogP contribution in [0.25, 0.3) is 0 Å². The van der Waals surface area contributed by atoms with E-state index in [9.17, 15) is 4.79 Å². The van der Waals surface area contributed by atoms with Crippen molar-refractivity contribution in [3.05, 3.63) is 17.3 Å². The van der Waals surface area contributed by atoms with E-state index in [1.807, 2.05) is 0 Å². The van der Waals surface area contributed by atoms with Crippen LogP contribution in [0.5, 0.6) is 5.88 Å². The molecule has 0 aliphatic rings. The highest BCUT2D eigenvalue weighted by Gasteiger charge is 2.03. The SMILES string of the molecule is CCOC(=O)COc1ccc(Cl)nn1. The fourth-order valence-electron chi connectivity index (χ4n) is 0.716. The first-order valence-corrected chi connectivity index (χ1v) is 4.38. The second kappa shape index (κ2) is 5.39. The number of halogens is 1. The summed E-state index contributed by atoms with van der Waals surface area (Å²) in [4.78, 5) is 10.9. The molecule has 0 atom stereocenters. The van der Waals surface area contributed by atoms with Crippen molar-refractivity contribution in [2.45, 2.75) is 6.92 Å². The van der Waals surface area contributed by atoms with Gasteiger partial charge in [0, 0.05) is 6.07 Å². The molecular formula is C8H9ClN2O3. The number of nitrogens with zero attached hydrogens (tertiary/aromatic N) is 2. The molecule has 0 aromatic carbocycles. The van der Waals surface area contributed by atoms with Crippen LogP contribution < -0.4 is 4.74 Å². The first kappa shape index (κ1) is 10.7. The maximum absolute atomic E-state index is 10.9. The Kier molecular flexibility index (Phi) is 4.12. The zero-order chi connectivity index (χ0) is 10.4. The average molecular weight is 217 g/mol. The molecule has 0 fully saturated rings. The van der Waals surface area contributed by atoms with Crippen molar-refractivity contribution in [2.24, 2.45) is 0 Å². The number of aromatic nitrogens is 2. The van der Waals surface area contributed by atoms with E-state index in [0.717, 1.165) is 0 Å². The highest BCUT2D eigenvalue weighted by Crippen LogP contribution is 2.07. The second-order valence-electron chi connectivity index (χ2n) is 2.29. The van der Waals surface area contributed by atoms with Crippen molar-refractivity contribution in [3.8, 4) is 5.88 Å². The van der Waals surface area contributed by atoms with Gasteiger partial charge in [0.25, 0.3) is 0 Å². The van der Waals surface area contributed by atoms with Crippen molar-refractivity contribution in [2.75, 3.05) is 13.2 Å². The summed E-state index contributed by atoms with van der Waals surface area (Å²) < 4.78 is 9.62. The number of carbonyl (C=O) groups excluding carboxylic acids is 1. The second-order valence-corrected chi connectivity index (χ2v) is 2.68. The molecule has 0 aliphatic carbocycles. The van der Waals surface area contributed by atoms with Gasteiger partial charge in [-0.05, 0) is 13.0 Å². The van der Waals surface area contributed by atoms with Gasteiger partial charge in [-0.1, -0.05) is 11.6 Å². The van der Waals surface area contributed by atoms with Crippen LogP contribution in [0.4, 0.5) is 0 Å². The van der Waals surface area contributed by atoms with Crippen LogP contribution in [0, 0.1) is 0 Å². The third kappa shape index (κ3) is 3.57. The van der Waals surface area contributed by atoms with Gasteiger partial charge in [0.15, 0.2) is 11.8 Å². The number of ether oxygens (including phenoxy) is 2. The lowest BCUT2D eigenvalue weighted by molar-refractivity contribution is -0.145. The topological polar surface area (TPSA) is 61.3 Å². The van der Waals surface area contributed by atoms with Gasteiger partial charge >= 0.3 is 5.97 Å². The van der Waals surface area contributed by atoms with E-state index in [1.54, 1.807) is 6.92 Å². The van der Waals surface area contributed by atoms with E-state index in [0.29, 0.717) is 6.61 Å². The molecule has 14 heavy (non-hydrogen) atoms. The summed E-state index contributed by atoms with van der Waals surface area (Å²) >= 11 is 5.50. The molecule has 1 aromatic heterocycles. The quantitative estimate of drug-likeness (QED) is 0.705. The predicted octanol–water partition coefficient (Wildman–Crippen LogP) is 1.07. The van der Waals surface area contributed by atoms with Gasteiger partial charge < -0.3 is 9.47 Å². The molecule has 1 heterocycles. The number of rotatable bonds is 4. The first-order valence-electron chi connectivity index (χ1n) is 4.00. The Bertz CT molecular complexity index is 302. The van der Waals surface area contributed by atoms with E-state index in [1.165, 1.54) is 12.1 Å². The minimum atomic E-state index is -0.441. The summed E-state index contributed by atoms with van der Waals surface area (Å²) in [5, 5.41) is 7.41. The molecule has 0 amide bonds. The Morgan fingerprint density at radius 3 is 2.86 bits per heavy atom. The fraction of sp³-hybridized carbons (Fsp3) is 0.375. The summed E-state index contributed by atoms with van der Waals surface area (Å²) in [5.74, 6) is -0.202. The van der Waals surface area contributed by atoms with E-state index in [2.05, 4.69) is 14.9 Å². The minimum absolute atomic E-state index is 0.176. The molecule has 76 valence electrons. The molecule has 0 radical (unpaired) electrons. The monoisotopic (exact) mass is 216 g/mol. The maximum atomic E-state index is 10.9. The molecule has 0 aliphatic heterocycles. The van der Waals surface area contributed by atoms with Gasteiger partial charge in [0.1, 0.15) is 0 Å². The van der Waals surface area contributed by atoms with Crippen LogP contribution in [0.2, 0.25) is 5.15 Å². The average Bonchev–Trinajstić information content (AvgIpc) is 2.17. The standard InChI is InChI=1S/C8H9ClN2O3/c1-2-13-8(12)5-14-7-4-3-6(9)10-11-7/h3-4H,2,5H2,1H3. The molecule has 0 N–H and O–H groups in total. The molecule has 0 saturated heterocycles. The molecular weight excluding hydrogens is 208 g/mol. The van der Waals surface area contributed by atoms with Crippen molar-refractivity contribution in [1.29, 1.82) is 0 Å². The van der Waals surface area contributed by atoms with Crippen LogP contribution in [0.1, 0.15) is 6.92 Å². The largest absolute Gasteiger partial charge is 0.465 e. The smallest absolute Gasteiger partial charge is 0.344 e. The summed E-state index contributed by atoms with van der Waals surface area (Å²) in [7, 11) is 0. The molecule has 1 rings (SSSR count). The summed E-state index contributed by atoms with van der Waals surface area (Å²) in [6.45, 7) is 1.87. The van der Waals surface area contributed by atoms with Gasteiger partial charge in [-0.15, -0.1) is 10.2 Å². The molecule has 0 unspecified atom stereocenters. The Balaban J connectivity index is 2.38. The van der Waals surface area contributed by atoms with Crippen molar-refractivity contribution in [3.63, 3.8) is 0 Å². The molecule has 1 aromatic rings. The van der Waals surface area contributed by atoms with Gasteiger partial charge in [-0.3, -0.25) is 0 Å². The Labute approximate surface area is 86.0 Å². The number of carbonyl (C=O) groups is 1. The lowest BCUT2D eigenvalue weighted by Crippen LogP contribution is -2.15. The van der Waals surface area contributed by atoms with Gasteiger partial charge in [0.2, 0.25) is 5.88 Å². The zero-order valence-corrected chi connectivity index (χ0v) is 8.32. The van der Waals surface area contributed by atoms with Crippen molar-refractivity contribution < 1.29 is 14.3 Å². The van der Waals surface area contributed by atoms with Gasteiger partial charge in [-0.25, -0.2) is 4.79 Å². The van der Waals surface area contributed by atoms with Gasteiger partial charge in [0.05, 0.1) is 6.61 Å². The Hall–Kier alpha value is -1.36. The Morgan fingerprint density at radius 2 is 2.29 bits per heavy atom. The lowest BCUT2D eigenvalue weighted by atomic mass is 10.6.